The summed E-state index contributed by atoms with van der Waals surface area (Å²) in [5.41, 5.74) is 0.411. The van der Waals surface area contributed by atoms with E-state index in [1.807, 2.05) is 6.07 Å². The second-order valence-electron chi connectivity index (χ2n) is 5.05. The van der Waals surface area contributed by atoms with E-state index < -0.39 is 11.7 Å². The monoisotopic (exact) mass is 279 g/mol. The zero-order valence-electron chi connectivity index (χ0n) is 10.5. The van der Waals surface area contributed by atoms with E-state index in [0.717, 1.165) is 31.7 Å². The van der Waals surface area contributed by atoms with E-state index in [4.69, 9.17) is 11.6 Å². The number of hydrogen-bond donors (Lipinski definition) is 0. The maximum absolute atomic E-state index is 13.0. The zero-order valence-corrected chi connectivity index (χ0v) is 11.3. The topological polar surface area (TPSA) is 40.9 Å². The van der Waals surface area contributed by atoms with E-state index in [2.05, 4.69) is 0 Å². The molecule has 2 nitrogen and oxygen atoms in total. The van der Waals surface area contributed by atoms with Crippen LogP contribution in [0.2, 0.25) is 5.02 Å². The molecular weight excluding hydrogens is 265 g/mol. The van der Waals surface area contributed by atoms with Crippen molar-refractivity contribution in [3.8, 4) is 6.07 Å². The molecule has 1 aromatic rings. The Kier molecular flexibility index (Phi) is 4.55. The number of halogens is 2. The van der Waals surface area contributed by atoms with E-state index >= 15 is 0 Å². The van der Waals surface area contributed by atoms with Crippen molar-refractivity contribution in [3.63, 3.8) is 0 Å². The molecule has 0 aliphatic heterocycles. The van der Waals surface area contributed by atoms with E-state index in [1.165, 1.54) is 12.1 Å². The van der Waals surface area contributed by atoms with Gasteiger partial charge in [0, 0.05) is 11.4 Å². The molecule has 100 valence electrons. The highest BCUT2D eigenvalue weighted by Gasteiger charge is 2.26. The molecule has 0 saturated heterocycles. The number of nitriles is 1. The maximum Gasteiger partial charge on any atom is 0.154 e. The van der Waals surface area contributed by atoms with Gasteiger partial charge in [-0.2, -0.15) is 5.26 Å². The first kappa shape index (κ1) is 14.0. The fourth-order valence-corrected chi connectivity index (χ4v) is 2.94. The van der Waals surface area contributed by atoms with Crippen LogP contribution in [-0.4, -0.2) is 5.78 Å². The molecule has 2 rings (SSSR count). The van der Waals surface area contributed by atoms with Crippen molar-refractivity contribution < 1.29 is 9.18 Å². The third-order valence-corrected chi connectivity index (χ3v) is 4.02. The van der Waals surface area contributed by atoms with Crippen LogP contribution in [-0.2, 0) is 4.79 Å². The van der Waals surface area contributed by atoms with Crippen LogP contribution < -0.4 is 0 Å². The minimum atomic E-state index is -0.881. The average molecular weight is 280 g/mol. The summed E-state index contributed by atoms with van der Waals surface area (Å²) in [4.78, 5) is 12.2. The van der Waals surface area contributed by atoms with Gasteiger partial charge >= 0.3 is 0 Å². The summed E-state index contributed by atoms with van der Waals surface area (Å²) in [5.74, 6) is -1.06. The molecule has 0 N–H and O–H groups in total. The standard InChI is InChI=1S/C15H15ClFNO/c16-14-8-11(17)5-6-12(14)13(9-18)15(19)7-10-3-1-2-4-10/h5-6,8,10,13H,1-4,7H2. The van der Waals surface area contributed by atoms with Gasteiger partial charge in [-0.05, 0) is 23.6 Å². The third kappa shape index (κ3) is 3.33. The first-order valence-electron chi connectivity index (χ1n) is 6.49. The molecule has 0 aromatic heterocycles. The number of benzene rings is 1. The van der Waals surface area contributed by atoms with Gasteiger partial charge < -0.3 is 0 Å². The molecule has 1 aliphatic carbocycles. The van der Waals surface area contributed by atoms with Crippen molar-refractivity contribution >= 4 is 17.4 Å². The summed E-state index contributed by atoms with van der Waals surface area (Å²) >= 11 is 5.92. The first-order chi connectivity index (χ1) is 9.11. The molecule has 0 heterocycles. The van der Waals surface area contributed by atoms with Crippen molar-refractivity contribution in [1.29, 1.82) is 5.26 Å². The molecular formula is C15H15ClFNO. The number of carbonyl (C=O) groups is 1. The molecule has 1 aromatic carbocycles. The summed E-state index contributed by atoms with van der Waals surface area (Å²) < 4.78 is 13.0. The number of nitrogens with zero attached hydrogens (tertiary/aromatic N) is 1. The van der Waals surface area contributed by atoms with Crippen molar-refractivity contribution in [3.05, 3.63) is 34.6 Å². The Morgan fingerprint density at radius 2 is 2.16 bits per heavy atom. The average Bonchev–Trinajstić information content (AvgIpc) is 2.85. The Balaban J connectivity index is 2.14. The fraction of sp³-hybridized carbons (Fsp3) is 0.467. The van der Waals surface area contributed by atoms with Crippen LogP contribution in [0.15, 0.2) is 18.2 Å². The maximum atomic E-state index is 13.0. The Morgan fingerprint density at radius 3 is 2.74 bits per heavy atom. The normalized spacial score (nSPS) is 17.1. The number of ketones is 1. The van der Waals surface area contributed by atoms with Crippen molar-refractivity contribution in [1.82, 2.24) is 0 Å². The Labute approximate surface area is 117 Å². The smallest absolute Gasteiger partial charge is 0.154 e. The number of Topliss-reactive ketones (excluding diaryl/α,β-unsaturated/α-hetero) is 1. The van der Waals surface area contributed by atoms with E-state index in [-0.39, 0.29) is 10.8 Å². The van der Waals surface area contributed by atoms with Gasteiger partial charge in [0.15, 0.2) is 5.78 Å². The van der Waals surface area contributed by atoms with Crippen LogP contribution in [0.5, 0.6) is 0 Å². The summed E-state index contributed by atoms with van der Waals surface area (Å²) in [5, 5.41) is 9.34. The second-order valence-corrected chi connectivity index (χ2v) is 5.46. The van der Waals surface area contributed by atoms with Crippen molar-refractivity contribution in [2.45, 2.75) is 38.0 Å². The summed E-state index contributed by atoms with van der Waals surface area (Å²) in [6, 6.07) is 5.80. The fourth-order valence-electron chi connectivity index (χ4n) is 2.67. The highest BCUT2D eigenvalue weighted by molar-refractivity contribution is 6.31. The highest BCUT2D eigenvalue weighted by atomic mass is 35.5. The molecule has 1 saturated carbocycles. The van der Waals surface area contributed by atoms with Gasteiger partial charge in [0.05, 0.1) is 6.07 Å². The quantitative estimate of drug-likeness (QED) is 0.827. The molecule has 1 fully saturated rings. The van der Waals surface area contributed by atoms with E-state index in [9.17, 15) is 14.4 Å². The lowest BCUT2D eigenvalue weighted by atomic mass is 9.89. The van der Waals surface area contributed by atoms with Crippen LogP contribution in [0.4, 0.5) is 4.39 Å². The number of rotatable bonds is 4. The third-order valence-electron chi connectivity index (χ3n) is 3.69. The molecule has 4 heteroatoms. The Hall–Kier alpha value is -1.40. The number of carbonyl (C=O) groups excluding carboxylic acids is 1. The molecule has 1 atom stereocenters. The van der Waals surface area contributed by atoms with Crippen LogP contribution in [0.1, 0.15) is 43.6 Å². The lowest BCUT2D eigenvalue weighted by molar-refractivity contribution is -0.120. The van der Waals surface area contributed by atoms with Crippen LogP contribution in [0.25, 0.3) is 0 Å². The van der Waals surface area contributed by atoms with Gasteiger partial charge in [0.2, 0.25) is 0 Å². The molecule has 19 heavy (non-hydrogen) atoms. The van der Waals surface area contributed by atoms with Gasteiger partial charge in [-0.3, -0.25) is 4.79 Å². The molecule has 0 spiro atoms. The predicted octanol–water partition coefficient (Wildman–Crippen LogP) is 4.24. The van der Waals surface area contributed by atoms with Crippen molar-refractivity contribution in [2.75, 3.05) is 0 Å². The lowest BCUT2D eigenvalue weighted by Crippen LogP contribution is -2.14. The SMILES string of the molecule is N#CC(C(=O)CC1CCCC1)c1ccc(F)cc1Cl. The van der Waals surface area contributed by atoms with Gasteiger partial charge in [0.1, 0.15) is 11.7 Å². The molecule has 0 amide bonds. The van der Waals surface area contributed by atoms with Crippen LogP contribution >= 0.6 is 11.6 Å². The van der Waals surface area contributed by atoms with E-state index in [1.54, 1.807) is 0 Å². The van der Waals surface area contributed by atoms with E-state index in [0.29, 0.717) is 17.9 Å². The minimum Gasteiger partial charge on any atom is -0.298 e. The van der Waals surface area contributed by atoms with Gasteiger partial charge in [-0.25, -0.2) is 4.39 Å². The summed E-state index contributed by atoms with van der Waals surface area (Å²) in [6.45, 7) is 0. The van der Waals surface area contributed by atoms with Gasteiger partial charge in [-0.1, -0.05) is 43.4 Å². The zero-order chi connectivity index (χ0) is 13.8. The summed E-state index contributed by atoms with van der Waals surface area (Å²) in [6.07, 6.45) is 4.85. The summed E-state index contributed by atoms with van der Waals surface area (Å²) in [7, 11) is 0. The molecule has 0 radical (unpaired) electrons. The highest BCUT2D eigenvalue weighted by Crippen LogP contribution is 2.32. The Morgan fingerprint density at radius 1 is 1.47 bits per heavy atom. The largest absolute Gasteiger partial charge is 0.298 e. The first-order valence-corrected chi connectivity index (χ1v) is 6.87. The van der Waals surface area contributed by atoms with Crippen LogP contribution in [0, 0.1) is 23.1 Å². The molecule has 1 unspecified atom stereocenters. The predicted molar refractivity (Wildman–Crippen MR) is 71.3 cm³/mol. The molecule has 1 aliphatic rings. The second kappa shape index (κ2) is 6.16. The van der Waals surface area contributed by atoms with Gasteiger partial charge in [0.25, 0.3) is 0 Å². The Bertz CT molecular complexity index is 517. The minimum absolute atomic E-state index is 0.108. The van der Waals surface area contributed by atoms with Crippen molar-refractivity contribution in [2.24, 2.45) is 5.92 Å². The molecule has 0 bridgehead atoms. The lowest BCUT2D eigenvalue weighted by Gasteiger charge is -2.13. The van der Waals surface area contributed by atoms with Crippen LogP contribution in [0.3, 0.4) is 0 Å². The van der Waals surface area contributed by atoms with Gasteiger partial charge in [-0.15, -0.1) is 0 Å². The number of hydrogen-bond acceptors (Lipinski definition) is 2.